The van der Waals surface area contributed by atoms with Gasteiger partial charge >= 0.3 is 5.97 Å². The number of ether oxygens (including phenoxy) is 2. The average Bonchev–Trinajstić information content (AvgIpc) is 2.87. The molecule has 8 nitrogen and oxygen atoms in total. The summed E-state index contributed by atoms with van der Waals surface area (Å²) < 4.78 is 10.9. The second-order valence-electron chi connectivity index (χ2n) is 9.65. The predicted octanol–water partition coefficient (Wildman–Crippen LogP) is 6.18. The van der Waals surface area contributed by atoms with Gasteiger partial charge in [-0.2, -0.15) is 0 Å². The number of hydrogen-bond acceptors (Lipinski definition) is 7. The molecule has 0 radical (unpaired) electrons. The van der Waals surface area contributed by atoms with E-state index >= 15 is 0 Å². The molecule has 1 fully saturated rings. The maximum absolute atomic E-state index is 11.7. The van der Waals surface area contributed by atoms with Crippen molar-refractivity contribution in [2.24, 2.45) is 0 Å². The van der Waals surface area contributed by atoms with Crippen molar-refractivity contribution in [3.05, 3.63) is 92.5 Å². The Morgan fingerprint density at radius 1 is 1.03 bits per heavy atom. The quantitative estimate of drug-likeness (QED) is 0.223. The van der Waals surface area contributed by atoms with Gasteiger partial charge in [-0.15, -0.1) is 0 Å². The molecule has 37 heavy (non-hydrogen) atoms. The minimum Gasteiger partial charge on any atom is -0.465 e. The number of nitrogens with zero attached hydrogens (tertiary/aromatic N) is 2. The normalized spacial score (nSPS) is 14.3. The van der Waals surface area contributed by atoms with Crippen molar-refractivity contribution in [3.63, 3.8) is 0 Å². The van der Waals surface area contributed by atoms with Crippen LogP contribution in [0.3, 0.4) is 0 Å². The Labute approximate surface area is 217 Å². The highest BCUT2D eigenvalue weighted by Gasteiger charge is 2.23. The van der Waals surface area contributed by atoms with Crippen LogP contribution in [0.15, 0.2) is 54.6 Å². The average molecular weight is 504 g/mol. The summed E-state index contributed by atoms with van der Waals surface area (Å²) >= 11 is 0. The number of carbonyl (C=O) groups excluding carboxylic acids is 1. The third-order valence-corrected chi connectivity index (χ3v) is 6.72. The van der Waals surface area contributed by atoms with Gasteiger partial charge in [0.15, 0.2) is 0 Å². The maximum Gasteiger partial charge on any atom is 0.337 e. The molecular weight excluding hydrogens is 470 g/mol. The Morgan fingerprint density at radius 2 is 1.68 bits per heavy atom. The topological polar surface area (TPSA) is 93.9 Å². The third kappa shape index (κ3) is 6.46. The summed E-state index contributed by atoms with van der Waals surface area (Å²) in [5.74, 6) is 1.00. The molecule has 0 atom stereocenters. The molecule has 1 aliphatic rings. The molecule has 0 aromatic heterocycles. The number of esters is 1. The van der Waals surface area contributed by atoms with Gasteiger partial charge in [0, 0.05) is 37.8 Å². The summed E-state index contributed by atoms with van der Waals surface area (Å²) in [4.78, 5) is 25.3. The van der Waals surface area contributed by atoms with Crippen LogP contribution in [0.4, 0.5) is 11.4 Å². The highest BCUT2D eigenvalue weighted by Crippen LogP contribution is 2.35. The highest BCUT2D eigenvalue weighted by atomic mass is 16.6. The minimum atomic E-state index is -0.360. The number of rotatable bonds is 8. The van der Waals surface area contributed by atoms with E-state index in [1.165, 1.54) is 13.2 Å². The number of aryl methyl sites for hydroxylation is 3. The van der Waals surface area contributed by atoms with Crippen LogP contribution in [0.1, 0.15) is 45.5 Å². The van der Waals surface area contributed by atoms with Crippen molar-refractivity contribution < 1.29 is 19.2 Å². The van der Waals surface area contributed by atoms with Crippen molar-refractivity contribution in [3.8, 4) is 11.5 Å². The van der Waals surface area contributed by atoms with Crippen LogP contribution in [0.25, 0.3) is 0 Å². The number of piperidine rings is 1. The van der Waals surface area contributed by atoms with E-state index in [-0.39, 0.29) is 22.6 Å². The molecule has 0 aliphatic carbocycles. The Hall–Kier alpha value is -3.91. The van der Waals surface area contributed by atoms with E-state index in [4.69, 9.17) is 9.47 Å². The van der Waals surface area contributed by atoms with Crippen LogP contribution in [-0.4, -0.2) is 42.0 Å². The van der Waals surface area contributed by atoms with Gasteiger partial charge in [0.1, 0.15) is 17.2 Å². The number of anilines is 1. The molecule has 4 rings (SSSR count). The summed E-state index contributed by atoms with van der Waals surface area (Å²) in [5, 5.41) is 15.1. The standard InChI is InChI=1S/C29H33N3O5/c1-19-15-20(2)28(21(3)16-19)37-25-9-10-27(32(34)35)26(17-25)30-24-11-13-31(14-12-24)18-22-5-7-23(8-6-22)29(33)36-4/h5-10,15-17,24,30H,11-14,18H2,1-4H3. The monoisotopic (exact) mass is 503 g/mol. The summed E-state index contributed by atoms with van der Waals surface area (Å²) in [6, 6.07) is 16.6. The van der Waals surface area contributed by atoms with E-state index in [2.05, 4.69) is 22.3 Å². The van der Waals surface area contributed by atoms with Crippen LogP contribution < -0.4 is 10.1 Å². The zero-order chi connectivity index (χ0) is 26.5. The number of hydrogen-bond donors (Lipinski definition) is 1. The number of benzene rings is 3. The first-order chi connectivity index (χ1) is 17.7. The van der Waals surface area contributed by atoms with E-state index in [1.54, 1.807) is 24.3 Å². The zero-order valence-corrected chi connectivity index (χ0v) is 21.7. The Bertz CT molecular complexity index is 1260. The molecule has 0 spiro atoms. The summed E-state index contributed by atoms with van der Waals surface area (Å²) in [6.07, 6.45) is 1.72. The van der Waals surface area contributed by atoms with Crippen LogP contribution >= 0.6 is 0 Å². The fourth-order valence-corrected chi connectivity index (χ4v) is 4.88. The zero-order valence-electron chi connectivity index (χ0n) is 21.7. The number of carbonyl (C=O) groups is 1. The fourth-order valence-electron chi connectivity index (χ4n) is 4.88. The van der Waals surface area contributed by atoms with E-state index in [1.807, 2.05) is 32.9 Å². The molecule has 0 bridgehead atoms. The van der Waals surface area contributed by atoms with Gasteiger partial charge < -0.3 is 14.8 Å². The first-order valence-electron chi connectivity index (χ1n) is 12.4. The molecule has 0 unspecified atom stereocenters. The van der Waals surface area contributed by atoms with Crippen molar-refractivity contribution in [2.75, 3.05) is 25.5 Å². The highest BCUT2D eigenvalue weighted by molar-refractivity contribution is 5.89. The second kappa shape index (κ2) is 11.4. The van der Waals surface area contributed by atoms with Crippen LogP contribution in [-0.2, 0) is 11.3 Å². The first kappa shape index (κ1) is 26.2. The van der Waals surface area contributed by atoms with Gasteiger partial charge in [-0.25, -0.2) is 4.79 Å². The lowest BCUT2D eigenvalue weighted by Gasteiger charge is -2.32. The van der Waals surface area contributed by atoms with Gasteiger partial charge in [-0.1, -0.05) is 29.8 Å². The molecule has 1 heterocycles. The molecular formula is C29H33N3O5. The molecule has 1 N–H and O–H groups in total. The van der Waals surface area contributed by atoms with Gasteiger partial charge in [0.2, 0.25) is 0 Å². The molecule has 0 amide bonds. The van der Waals surface area contributed by atoms with Crippen molar-refractivity contribution >= 4 is 17.3 Å². The molecule has 3 aromatic rings. The second-order valence-corrected chi connectivity index (χ2v) is 9.65. The summed E-state index contributed by atoms with van der Waals surface area (Å²) in [5.41, 5.74) is 5.39. The van der Waals surface area contributed by atoms with Crippen molar-refractivity contribution in [1.82, 2.24) is 4.90 Å². The fraction of sp³-hybridized carbons (Fsp3) is 0.345. The van der Waals surface area contributed by atoms with Gasteiger partial charge in [-0.05, 0) is 68.5 Å². The lowest BCUT2D eigenvalue weighted by atomic mass is 10.0. The lowest BCUT2D eigenvalue weighted by molar-refractivity contribution is -0.384. The smallest absolute Gasteiger partial charge is 0.337 e. The Balaban J connectivity index is 1.40. The number of methoxy groups -OCH3 is 1. The van der Waals surface area contributed by atoms with Crippen LogP contribution in [0.2, 0.25) is 0 Å². The minimum absolute atomic E-state index is 0.0397. The van der Waals surface area contributed by atoms with Crippen LogP contribution in [0.5, 0.6) is 11.5 Å². The van der Waals surface area contributed by atoms with Crippen molar-refractivity contribution in [1.29, 1.82) is 0 Å². The maximum atomic E-state index is 11.7. The lowest BCUT2D eigenvalue weighted by Crippen LogP contribution is -2.38. The molecule has 1 saturated heterocycles. The Morgan fingerprint density at radius 3 is 2.27 bits per heavy atom. The molecule has 3 aromatic carbocycles. The first-order valence-corrected chi connectivity index (χ1v) is 12.4. The Kier molecular flexibility index (Phi) is 8.08. The summed E-state index contributed by atoms with van der Waals surface area (Å²) in [6.45, 7) is 8.56. The van der Waals surface area contributed by atoms with E-state index < -0.39 is 0 Å². The SMILES string of the molecule is COC(=O)c1ccc(CN2CCC(Nc3cc(Oc4c(C)cc(C)cc4C)ccc3[N+](=O)[O-])CC2)cc1. The van der Waals surface area contributed by atoms with Crippen LogP contribution in [0, 0.1) is 30.9 Å². The number of nitro benzene ring substituents is 1. The third-order valence-electron chi connectivity index (χ3n) is 6.72. The van der Waals surface area contributed by atoms with Gasteiger partial charge in [-0.3, -0.25) is 15.0 Å². The number of nitrogens with one attached hydrogen (secondary N) is 1. The molecule has 8 heteroatoms. The van der Waals surface area contributed by atoms with E-state index in [0.29, 0.717) is 17.0 Å². The summed E-state index contributed by atoms with van der Waals surface area (Å²) in [7, 11) is 1.37. The molecule has 1 aliphatic heterocycles. The molecule has 194 valence electrons. The van der Waals surface area contributed by atoms with E-state index in [9.17, 15) is 14.9 Å². The number of nitro groups is 1. The predicted molar refractivity (Wildman–Crippen MR) is 144 cm³/mol. The number of likely N-dealkylation sites (tertiary alicyclic amines) is 1. The van der Waals surface area contributed by atoms with Crippen molar-refractivity contribution in [2.45, 2.75) is 46.2 Å². The molecule has 0 saturated carbocycles. The largest absolute Gasteiger partial charge is 0.465 e. The van der Waals surface area contributed by atoms with E-state index in [0.717, 1.165) is 60.5 Å². The van der Waals surface area contributed by atoms with Gasteiger partial charge in [0.05, 0.1) is 17.6 Å². The van der Waals surface area contributed by atoms with Gasteiger partial charge in [0.25, 0.3) is 5.69 Å².